The van der Waals surface area contributed by atoms with E-state index in [0.717, 1.165) is 0 Å². The zero-order valence-corrected chi connectivity index (χ0v) is 11.2. The Morgan fingerprint density at radius 2 is 2.00 bits per heavy atom. The van der Waals surface area contributed by atoms with Gasteiger partial charge >= 0.3 is 12.1 Å². The van der Waals surface area contributed by atoms with Gasteiger partial charge in [-0.1, -0.05) is 0 Å². The molecule has 0 unspecified atom stereocenters. The second-order valence-corrected chi connectivity index (χ2v) is 6.32. The quantitative estimate of drug-likeness (QED) is 0.793. The van der Waals surface area contributed by atoms with Crippen molar-refractivity contribution in [1.29, 1.82) is 0 Å². The van der Waals surface area contributed by atoms with Crippen LogP contribution in [0.3, 0.4) is 0 Å². The Bertz CT molecular complexity index is 292. The van der Waals surface area contributed by atoms with Crippen LogP contribution in [0.5, 0.6) is 0 Å². The van der Waals surface area contributed by atoms with Crippen molar-refractivity contribution in [2.75, 3.05) is 5.75 Å². The lowest BCUT2D eigenvalue weighted by Crippen LogP contribution is -2.43. The third-order valence-corrected chi connectivity index (χ3v) is 3.71. The summed E-state index contributed by atoms with van der Waals surface area (Å²) in [4.78, 5) is 22.2. The summed E-state index contributed by atoms with van der Waals surface area (Å²) < 4.78 is 5.14. The lowest BCUT2D eigenvalue weighted by atomic mass is 10.1. The van der Waals surface area contributed by atoms with Crippen molar-refractivity contribution in [2.45, 2.75) is 50.5 Å². The molecule has 5 nitrogen and oxygen atoms in total. The van der Waals surface area contributed by atoms with Crippen LogP contribution in [0.4, 0.5) is 4.79 Å². The highest BCUT2D eigenvalue weighted by atomic mass is 32.2. The fourth-order valence-electron chi connectivity index (χ4n) is 1.53. The van der Waals surface area contributed by atoms with Gasteiger partial charge in [0.1, 0.15) is 10.9 Å². The number of aliphatic carboxylic acids is 1. The number of carboxylic acid groups (broad SMARTS) is 1. The molecule has 1 fully saturated rings. The summed E-state index contributed by atoms with van der Waals surface area (Å²) in [5.74, 6) is -0.151. The zero-order chi connectivity index (χ0) is 13.1. The van der Waals surface area contributed by atoms with E-state index in [1.165, 1.54) is 11.8 Å². The number of nitrogens with one attached hydrogen (secondary N) is 1. The summed E-state index contributed by atoms with van der Waals surface area (Å²) in [6, 6.07) is 0.00505. The average molecular weight is 261 g/mol. The summed E-state index contributed by atoms with van der Waals surface area (Å²) in [6.45, 7) is 5.42. The molecule has 0 radical (unpaired) electrons. The summed E-state index contributed by atoms with van der Waals surface area (Å²) in [7, 11) is 0. The van der Waals surface area contributed by atoms with E-state index in [9.17, 15) is 9.59 Å². The van der Waals surface area contributed by atoms with E-state index >= 15 is 0 Å². The summed E-state index contributed by atoms with van der Waals surface area (Å²) >= 11 is 1.37. The first-order valence-corrected chi connectivity index (χ1v) is 6.67. The normalized spacial score (nSPS) is 25.1. The third kappa shape index (κ3) is 5.30. The molecule has 2 atom stereocenters. The van der Waals surface area contributed by atoms with Crippen LogP contribution in [0.15, 0.2) is 0 Å². The number of alkyl carbamates (subject to hydrolysis) is 1. The number of rotatable bonds is 2. The highest BCUT2D eigenvalue weighted by molar-refractivity contribution is 8.00. The topological polar surface area (TPSA) is 75.6 Å². The van der Waals surface area contributed by atoms with Gasteiger partial charge in [0.2, 0.25) is 0 Å². The Labute approximate surface area is 105 Å². The van der Waals surface area contributed by atoms with Crippen LogP contribution in [0.25, 0.3) is 0 Å². The zero-order valence-electron chi connectivity index (χ0n) is 10.4. The van der Waals surface area contributed by atoms with E-state index in [1.807, 2.05) is 20.8 Å². The highest BCUT2D eigenvalue weighted by Gasteiger charge is 2.28. The SMILES string of the molecule is CC(C)(C)OC(=O)N[C@H]1CC[C@@H](C(=O)O)SC1. The van der Waals surface area contributed by atoms with Crippen LogP contribution in [0.2, 0.25) is 0 Å². The van der Waals surface area contributed by atoms with Crippen LogP contribution in [0.1, 0.15) is 33.6 Å². The van der Waals surface area contributed by atoms with Crippen LogP contribution in [0, 0.1) is 0 Å². The Balaban J connectivity index is 2.31. The smallest absolute Gasteiger partial charge is 0.407 e. The molecule has 98 valence electrons. The van der Waals surface area contributed by atoms with Gasteiger partial charge in [0.05, 0.1) is 0 Å². The number of amides is 1. The summed E-state index contributed by atoms with van der Waals surface area (Å²) in [5, 5.41) is 11.2. The van der Waals surface area contributed by atoms with Crippen molar-refractivity contribution in [3.05, 3.63) is 0 Å². The van der Waals surface area contributed by atoms with Crippen LogP contribution >= 0.6 is 11.8 Å². The van der Waals surface area contributed by atoms with Crippen molar-refractivity contribution < 1.29 is 19.4 Å². The fraction of sp³-hybridized carbons (Fsp3) is 0.818. The molecule has 0 aromatic rings. The number of hydrogen-bond donors (Lipinski definition) is 2. The Hall–Kier alpha value is -0.910. The van der Waals surface area contributed by atoms with Crippen LogP contribution < -0.4 is 5.32 Å². The first-order chi connectivity index (χ1) is 7.78. The number of thioether (sulfide) groups is 1. The molecule has 1 aliphatic heterocycles. The van der Waals surface area contributed by atoms with E-state index in [0.29, 0.717) is 18.6 Å². The molecule has 0 aliphatic carbocycles. The average Bonchev–Trinajstić information content (AvgIpc) is 2.15. The van der Waals surface area contributed by atoms with Gasteiger partial charge in [0.15, 0.2) is 0 Å². The maximum Gasteiger partial charge on any atom is 0.407 e. The van der Waals surface area contributed by atoms with Gasteiger partial charge in [-0.25, -0.2) is 4.79 Å². The minimum atomic E-state index is -0.772. The van der Waals surface area contributed by atoms with Crippen molar-refractivity contribution in [3.8, 4) is 0 Å². The van der Waals surface area contributed by atoms with Crippen molar-refractivity contribution >= 4 is 23.8 Å². The summed E-state index contributed by atoms with van der Waals surface area (Å²) in [6.07, 6.45) is 0.834. The van der Waals surface area contributed by atoms with Crippen LogP contribution in [-0.2, 0) is 9.53 Å². The molecule has 0 aromatic heterocycles. The molecule has 0 aromatic carbocycles. The van der Waals surface area contributed by atoms with Gasteiger partial charge in [-0.3, -0.25) is 4.79 Å². The van der Waals surface area contributed by atoms with E-state index in [-0.39, 0.29) is 11.3 Å². The van der Waals surface area contributed by atoms with Gasteiger partial charge in [-0.2, -0.15) is 0 Å². The van der Waals surface area contributed by atoms with Crippen LogP contribution in [-0.4, -0.2) is 39.8 Å². The molecule has 1 heterocycles. The predicted molar refractivity (Wildman–Crippen MR) is 66.3 cm³/mol. The first-order valence-electron chi connectivity index (χ1n) is 5.62. The maximum atomic E-state index is 11.5. The molecule has 0 spiro atoms. The standard InChI is InChI=1S/C11H19NO4S/c1-11(2,3)16-10(15)12-7-4-5-8(9(13)14)17-6-7/h7-8H,4-6H2,1-3H3,(H,12,15)(H,13,14)/t7-,8-/m0/s1. The minimum absolute atomic E-state index is 0.00505. The molecule has 1 saturated heterocycles. The van der Waals surface area contributed by atoms with Crippen molar-refractivity contribution in [3.63, 3.8) is 0 Å². The lowest BCUT2D eigenvalue weighted by Gasteiger charge is -2.28. The molecule has 0 bridgehead atoms. The molecule has 1 amide bonds. The molecular weight excluding hydrogens is 242 g/mol. The Kier molecular flexibility index (Phi) is 4.68. The fourth-order valence-corrected chi connectivity index (χ4v) is 2.69. The molecule has 6 heteroatoms. The monoisotopic (exact) mass is 261 g/mol. The second kappa shape index (κ2) is 5.62. The van der Waals surface area contributed by atoms with Gasteiger partial charge in [0, 0.05) is 11.8 Å². The molecule has 2 N–H and O–H groups in total. The molecule has 1 rings (SSSR count). The molecule has 17 heavy (non-hydrogen) atoms. The largest absolute Gasteiger partial charge is 0.480 e. The minimum Gasteiger partial charge on any atom is -0.480 e. The summed E-state index contributed by atoms with van der Waals surface area (Å²) in [5.41, 5.74) is -0.504. The predicted octanol–water partition coefficient (Wildman–Crippen LogP) is 1.86. The Morgan fingerprint density at radius 3 is 2.41 bits per heavy atom. The Morgan fingerprint density at radius 1 is 1.35 bits per heavy atom. The van der Waals surface area contributed by atoms with E-state index < -0.39 is 17.7 Å². The van der Waals surface area contributed by atoms with Gasteiger partial charge in [0.25, 0.3) is 0 Å². The van der Waals surface area contributed by atoms with E-state index in [4.69, 9.17) is 9.84 Å². The third-order valence-electron chi connectivity index (χ3n) is 2.27. The highest BCUT2D eigenvalue weighted by Crippen LogP contribution is 2.25. The number of ether oxygens (including phenoxy) is 1. The maximum absolute atomic E-state index is 11.5. The number of carbonyl (C=O) groups excluding carboxylic acids is 1. The van der Waals surface area contributed by atoms with Gasteiger partial charge in [-0.15, -0.1) is 11.8 Å². The molecular formula is C11H19NO4S. The van der Waals surface area contributed by atoms with Gasteiger partial charge < -0.3 is 15.2 Å². The van der Waals surface area contributed by atoms with Gasteiger partial charge in [-0.05, 0) is 33.6 Å². The van der Waals surface area contributed by atoms with Crippen molar-refractivity contribution in [1.82, 2.24) is 5.32 Å². The molecule has 0 saturated carbocycles. The number of hydrogen-bond acceptors (Lipinski definition) is 4. The number of carboxylic acids is 1. The number of carbonyl (C=O) groups is 2. The van der Waals surface area contributed by atoms with E-state index in [1.54, 1.807) is 0 Å². The lowest BCUT2D eigenvalue weighted by molar-refractivity contribution is -0.136. The van der Waals surface area contributed by atoms with Crippen molar-refractivity contribution in [2.24, 2.45) is 0 Å². The molecule has 1 aliphatic rings. The second-order valence-electron chi connectivity index (χ2n) is 5.08. The first kappa shape index (κ1) is 14.2. The van der Waals surface area contributed by atoms with E-state index in [2.05, 4.69) is 5.32 Å².